The fourth-order valence-corrected chi connectivity index (χ4v) is 3.29. The molecule has 0 aliphatic carbocycles. The highest BCUT2D eigenvalue weighted by Gasteiger charge is 2.26. The summed E-state index contributed by atoms with van der Waals surface area (Å²) in [5.41, 5.74) is 6.30. The third kappa shape index (κ3) is 2.62. The molecule has 3 nitrogen and oxygen atoms in total. The minimum Gasteiger partial charge on any atom is -0.496 e. The molecule has 0 fully saturated rings. The van der Waals surface area contributed by atoms with Crippen LogP contribution < -0.4 is 10.1 Å². The first kappa shape index (κ1) is 15.6. The summed E-state index contributed by atoms with van der Waals surface area (Å²) in [7, 11) is 1.67. The van der Waals surface area contributed by atoms with Gasteiger partial charge in [-0.1, -0.05) is 11.6 Å². The van der Waals surface area contributed by atoms with Crippen LogP contribution in [-0.4, -0.2) is 13.0 Å². The number of aryl methyl sites for hydroxylation is 2. The van der Waals surface area contributed by atoms with E-state index in [9.17, 15) is 4.79 Å². The average Bonchev–Trinajstić information content (AvgIpc) is 2.80. The first-order chi connectivity index (χ1) is 10.9. The van der Waals surface area contributed by atoms with Crippen LogP contribution >= 0.6 is 11.6 Å². The average molecular weight is 328 g/mol. The molecular weight excluding hydrogens is 310 g/mol. The fraction of sp³-hybridized carbons (Fsp3) is 0.211. The molecule has 1 aliphatic rings. The number of halogens is 1. The molecule has 2 aromatic carbocycles. The number of ether oxygens (including phenoxy) is 1. The number of hydrogen-bond donors (Lipinski definition) is 1. The van der Waals surface area contributed by atoms with Crippen LogP contribution in [0.15, 0.2) is 24.3 Å². The maximum absolute atomic E-state index is 12.3. The van der Waals surface area contributed by atoms with Crippen LogP contribution in [0.1, 0.15) is 27.8 Å². The predicted molar refractivity (Wildman–Crippen MR) is 95.2 cm³/mol. The van der Waals surface area contributed by atoms with Crippen LogP contribution in [0, 0.1) is 20.8 Å². The molecule has 0 unspecified atom stereocenters. The Morgan fingerprint density at radius 1 is 1.13 bits per heavy atom. The van der Waals surface area contributed by atoms with Gasteiger partial charge in [-0.05, 0) is 73.4 Å². The third-order valence-electron chi connectivity index (χ3n) is 4.16. The van der Waals surface area contributed by atoms with Gasteiger partial charge >= 0.3 is 0 Å². The van der Waals surface area contributed by atoms with Crippen molar-refractivity contribution in [2.45, 2.75) is 20.8 Å². The fourth-order valence-electron chi connectivity index (χ4n) is 3.13. The number of carbonyl (C=O) groups excluding carboxylic acids is 1. The standard InChI is InChI=1S/C19H18ClNO2/c1-10-7-13(8-11(2)18(10)23-4)9-14-17-12(3)15(20)5-6-16(17)21-19(14)22/h5-9H,1-4H3,(H,21,22)/b14-9-. The number of carbonyl (C=O) groups is 1. The molecule has 1 N–H and O–H groups in total. The van der Waals surface area contributed by atoms with Crippen molar-refractivity contribution in [3.05, 3.63) is 57.1 Å². The number of methoxy groups -OCH3 is 1. The van der Waals surface area contributed by atoms with Gasteiger partial charge in [-0.2, -0.15) is 0 Å². The molecule has 0 spiro atoms. The van der Waals surface area contributed by atoms with Crippen molar-refractivity contribution in [3.63, 3.8) is 0 Å². The Kier molecular flexibility index (Phi) is 3.90. The third-order valence-corrected chi connectivity index (χ3v) is 4.57. The van der Waals surface area contributed by atoms with E-state index in [1.165, 1.54) is 0 Å². The second-order valence-electron chi connectivity index (χ2n) is 5.80. The monoisotopic (exact) mass is 327 g/mol. The highest BCUT2D eigenvalue weighted by molar-refractivity contribution is 6.37. The molecule has 118 valence electrons. The minimum atomic E-state index is -0.100. The zero-order chi connectivity index (χ0) is 16.7. The zero-order valence-electron chi connectivity index (χ0n) is 13.6. The lowest BCUT2D eigenvalue weighted by atomic mass is 9.97. The lowest BCUT2D eigenvalue weighted by Gasteiger charge is -2.10. The van der Waals surface area contributed by atoms with Gasteiger partial charge in [-0.25, -0.2) is 0 Å². The van der Waals surface area contributed by atoms with Crippen molar-refractivity contribution < 1.29 is 9.53 Å². The van der Waals surface area contributed by atoms with E-state index in [0.29, 0.717) is 10.6 Å². The molecule has 0 saturated carbocycles. The van der Waals surface area contributed by atoms with Crippen molar-refractivity contribution in [1.82, 2.24) is 0 Å². The quantitative estimate of drug-likeness (QED) is 0.807. The van der Waals surface area contributed by atoms with E-state index in [-0.39, 0.29) is 5.91 Å². The molecule has 0 aromatic heterocycles. The highest BCUT2D eigenvalue weighted by atomic mass is 35.5. The number of fused-ring (bicyclic) bond motifs is 1. The van der Waals surface area contributed by atoms with Crippen LogP contribution in [-0.2, 0) is 4.79 Å². The molecular formula is C19H18ClNO2. The summed E-state index contributed by atoms with van der Waals surface area (Å²) in [5, 5.41) is 3.56. The maximum Gasteiger partial charge on any atom is 0.256 e. The summed E-state index contributed by atoms with van der Waals surface area (Å²) in [4.78, 5) is 12.3. The van der Waals surface area contributed by atoms with Crippen molar-refractivity contribution in [1.29, 1.82) is 0 Å². The van der Waals surface area contributed by atoms with Crippen molar-refractivity contribution in [2.24, 2.45) is 0 Å². The normalized spacial score (nSPS) is 14.8. The van der Waals surface area contributed by atoms with Gasteiger partial charge in [0.25, 0.3) is 5.91 Å². The Balaban J connectivity index is 2.15. The van der Waals surface area contributed by atoms with E-state index >= 15 is 0 Å². The van der Waals surface area contributed by atoms with E-state index in [1.807, 2.05) is 45.0 Å². The van der Waals surface area contributed by atoms with Crippen molar-refractivity contribution in [2.75, 3.05) is 12.4 Å². The first-order valence-electron chi connectivity index (χ1n) is 7.40. The Bertz CT molecular complexity index is 830. The van der Waals surface area contributed by atoms with Crippen LogP contribution in [0.4, 0.5) is 5.69 Å². The summed E-state index contributed by atoms with van der Waals surface area (Å²) in [5.74, 6) is 0.777. The number of rotatable bonds is 2. The van der Waals surface area contributed by atoms with Crippen LogP contribution in [0.3, 0.4) is 0 Å². The van der Waals surface area contributed by atoms with Gasteiger partial charge in [-0.3, -0.25) is 4.79 Å². The van der Waals surface area contributed by atoms with Crippen LogP contribution in [0.25, 0.3) is 11.6 Å². The lowest BCUT2D eigenvalue weighted by Crippen LogP contribution is -2.03. The van der Waals surface area contributed by atoms with Gasteiger partial charge in [0.15, 0.2) is 0 Å². The SMILES string of the molecule is COc1c(C)cc(/C=C2\C(=O)Nc3ccc(Cl)c(C)c32)cc1C. The Morgan fingerprint density at radius 3 is 2.39 bits per heavy atom. The van der Waals surface area contributed by atoms with Gasteiger partial charge in [0.2, 0.25) is 0 Å². The van der Waals surface area contributed by atoms with Gasteiger partial charge in [0.05, 0.1) is 7.11 Å². The molecule has 4 heteroatoms. The van der Waals surface area contributed by atoms with Crippen LogP contribution in [0.5, 0.6) is 5.75 Å². The lowest BCUT2D eigenvalue weighted by molar-refractivity contribution is -0.110. The second kappa shape index (κ2) is 5.74. The summed E-state index contributed by atoms with van der Waals surface area (Å²) >= 11 is 6.22. The smallest absolute Gasteiger partial charge is 0.256 e. The Labute approximate surface area is 140 Å². The molecule has 2 aromatic rings. The van der Waals surface area contributed by atoms with E-state index in [4.69, 9.17) is 16.3 Å². The molecule has 0 bridgehead atoms. The minimum absolute atomic E-state index is 0.100. The number of hydrogen-bond acceptors (Lipinski definition) is 2. The van der Waals surface area contributed by atoms with Crippen molar-refractivity contribution >= 4 is 34.8 Å². The maximum atomic E-state index is 12.3. The van der Waals surface area contributed by atoms with E-state index in [1.54, 1.807) is 13.2 Å². The molecule has 1 aliphatic heterocycles. The molecule has 1 amide bonds. The number of anilines is 1. The van der Waals surface area contributed by atoms with Crippen LogP contribution in [0.2, 0.25) is 5.02 Å². The van der Waals surface area contributed by atoms with Gasteiger partial charge in [-0.15, -0.1) is 0 Å². The highest BCUT2D eigenvalue weighted by Crippen LogP contribution is 2.38. The first-order valence-corrected chi connectivity index (χ1v) is 7.78. The largest absolute Gasteiger partial charge is 0.496 e. The number of benzene rings is 2. The molecule has 3 rings (SSSR count). The molecule has 23 heavy (non-hydrogen) atoms. The van der Waals surface area contributed by atoms with Gasteiger partial charge in [0, 0.05) is 21.8 Å². The summed E-state index contributed by atoms with van der Waals surface area (Å²) in [6, 6.07) is 7.68. The van der Waals surface area contributed by atoms with Crippen molar-refractivity contribution in [3.8, 4) is 5.75 Å². The second-order valence-corrected chi connectivity index (χ2v) is 6.20. The number of amides is 1. The summed E-state index contributed by atoms with van der Waals surface area (Å²) in [6.07, 6.45) is 1.91. The molecule has 0 atom stereocenters. The van der Waals surface area contributed by atoms with E-state index in [0.717, 1.165) is 39.3 Å². The van der Waals surface area contributed by atoms with Gasteiger partial charge in [0.1, 0.15) is 5.75 Å². The number of nitrogens with one attached hydrogen (secondary N) is 1. The topological polar surface area (TPSA) is 38.3 Å². The van der Waals surface area contributed by atoms with E-state index in [2.05, 4.69) is 5.32 Å². The summed E-state index contributed by atoms with van der Waals surface area (Å²) < 4.78 is 5.40. The zero-order valence-corrected chi connectivity index (χ0v) is 14.3. The molecule has 0 radical (unpaired) electrons. The molecule has 1 heterocycles. The van der Waals surface area contributed by atoms with E-state index < -0.39 is 0 Å². The Hall–Kier alpha value is -2.26. The molecule has 0 saturated heterocycles. The van der Waals surface area contributed by atoms with Gasteiger partial charge < -0.3 is 10.1 Å². The summed E-state index contributed by atoms with van der Waals surface area (Å²) in [6.45, 7) is 5.93. The predicted octanol–water partition coefficient (Wildman–Crippen LogP) is 4.77. The Morgan fingerprint density at radius 2 is 1.78 bits per heavy atom.